The van der Waals surface area contributed by atoms with Gasteiger partial charge in [-0.25, -0.2) is 0 Å². The number of rotatable bonds is 5. The van der Waals surface area contributed by atoms with Crippen molar-refractivity contribution in [2.24, 2.45) is 5.92 Å². The molecule has 1 aromatic rings. The highest BCUT2D eigenvalue weighted by Gasteiger charge is 2.19. The van der Waals surface area contributed by atoms with Crippen molar-refractivity contribution in [3.8, 4) is 0 Å². The molecule has 2 unspecified atom stereocenters. The van der Waals surface area contributed by atoms with Crippen molar-refractivity contribution in [1.29, 1.82) is 0 Å². The van der Waals surface area contributed by atoms with Gasteiger partial charge >= 0.3 is 0 Å². The first-order valence-corrected chi connectivity index (χ1v) is 6.75. The summed E-state index contributed by atoms with van der Waals surface area (Å²) in [6, 6.07) is 9.40. The molecule has 1 N–H and O–H groups in total. The van der Waals surface area contributed by atoms with Crippen LogP contribution in [0, 0.1) is 5.92 Å². The standard InChI is InChI=1S/C14H18ClNO2/c15-13(12-4-2-1-3-5-12)14(17)16-8-6-11-7-9-18-10-11/h1-5,11,13H,6-10H2,(H,16,17). The van der Waals surface area contributed by atoms with Crippen LogP contribution in [-0.2, 0) is 9.53 Å². The van der Waals surface area contributed by atoms with Gasteiger partial charge in [0.2, 0.25) is 5.91 Å². The van der Waals surface area contributed by atoms with E-state index in [1.165, 1.54) is 0 Å². The Morgan fingerprint density at radius 2 is 2.22 bits per heavy atom. The molecule has 1 amide bonds. The molecule has 3 nitrogen and oxygen atoms in total. The molecule has 98 valence electrons. The maximum absolute atomic E-state index is 11.8. The molecule has 0 radical (unpaired) electrons. The van der Waals surface area contributed by atoms with Crippen molar-refractivity contribution in [1.82, 2.24) is 5.32 Å². The van der Waals surface area contributed by atoms with Crippen LogP contribution in [0.3, 0.4) is 0 Å². The molecule has 1 aliphatic heterocycles. The number of amides is 1. The molecule has 1 fully saturated rings. The fourth-order valence-electron chi connectivity index (χ4n) is 2.07. The lowest BCUT2D eigenvalue weighted by Crippen LogP contribution is -2.29. The Labute approximate surface area is 112 Å². The van der Waals surface area contributed by atoms with Gasteiger partial charge in [-0.2, -0.15) is 0 Å². The second-order valence-corrected chi connectivity index (χ2v) is 5.02. The number of alkyl halides is 1. The minimum absolute atomic E-state index is 0.123. The molecule has 0 saturated carbocycles. The summed E-state index contributed by atoms with van der Waals surface area (Å²) in [6.07, 6.45) is 2.06. The smallest absolute Gasteiger partial charge is 0.242 e. The first kappa shape index (κ1) is 13.4. The molecule has 1 heterocycles. The van der Waals surface area contributed by atoms with E-state index in [-0.39, 0.29) is 5.91 Å². The number of hydrogen-bond donors (Lipinski definition) is 1. The van der Waals surface area contributed by atoms with Crippen LogP contribution in [-0.4, -0.2) is 25.7 Å². The quantitative estimate of drug-likeness (QED) is 0.833. The molecule has 1 aliphatic rings. The Bertz CT molecular complexity index is 377. The van der Waals surface area contributed by atoms with E-state index in [9.17, 15) is 4.79 Å². The van der Waals surface area contributed by atoms with Gasteiger partial charge in [-0.1, -0.05) is 30.3 Å². The second-order valence-electron chi connectivity index (χ2n) is 4.58. The molecule has 2 rings (SSSR count). The number of benzene rings is 1. The maximum Gasteiger partial charge on any atom is 0.242 e. The van der Waals surface area contributed by atoms with Crippen molar-refractivity contribution < 1.29 is 9.53 Å². The lowest BCUT2D eigenvalue weighted by atomic mass is 10.1. The van der Waals surface area contributed by atoms with Crippen LogP contribution in [0.5, 0.6) is 0 Å². The molecule has 0 aliphatic carbocycles. The van der Waals surface area contributed by atoms with Crippen LogP contribution in [0.2, 0.25) is 0 Å². The number of carbonyl (C=O) groups is 1. The lowest BCUT2D eigenvalue weighted by Gasteiger charge is -2.12. The van der Waals surface area contributed by atoms with E-state index in [4.69, 9.17) is 16.3 Å². The van der Waals surface area contributed by atoms with Crippen LogP contribution in [0.1, 0.15) is 23.8 Å². The Morgan fingerprint density at radius 1 is 1.44 bits per heavy atom. The van der Waals surface area contributed by atoms with E-state index < -0.39 is 5.38 Å². The SMILES string of the molecule is O=C(NCCC1CCOC1)C(Cl)c1ccccc1. The lowest BCUT2D eigenvalue weighted by molar-refractivity contribution is -0.120. The summed E-state index contributed by atoms with van der Waals surface area (Å²) in [6.45, 7) is 2.34. The largest absolute Gasteiger partial charge is 0.381 e. The van der Waals surface area contributed by atoms with E-state index in [0.29, 0.717) is 12.5 Å². The Morgan fingerprint density at radius 3 is 2.89 bits per heavy atom. The predicted octanol–water partition coefficient (Wildman–Crippen LogP) is 2.51. The van der Waals surface area contributed by atoms with Crippen LogP contribution in [0.4, 0.5) is 0 Å². The van der Waals surface area contributed by atoms with Gasteiger partial charge in [0.15, 0.2) is 0 Å². The first-order valence-electron chi connectivity index (χ1n) is 6.32. The third-order valence-electron chi connectivity index (χ3n) is 3.20. The van der Waals surface area contributed by atoms with Crippen molar-refractivity contribution >= 4 is 17.5 Å². The number of halogens is 1. The summed E-state index contributed by atoms with van der Waals surface area (Å²) in [5, 5.41) is 2.28. The zero-order valence-electron chi connectivity index (χ0n) is 10.3. The van der Waals surface area contributed by atoms with E-state index in [0.717, 1.165) is 31.6 Å². The fourth-order valence-corrected chi connectivity index (χ4v) is 2.30. The number of carbonyl (C=O) groups excluding carboxylic acids is 1. The van der Waals surface area contributed by atoms with Crippen molar-refractivity contribution in [3.63, 3.8) is 0 Å². The predicted molar refractivity (Wildman–Crippen MR) is 71.6 cm³/mol. The van der Waals surface area contributed by atoms with Gasteiger partial charge in [0.25, 0.3) is 0 Å². The van der Waals surface area contributed by atoms with Crippen LogP contribution < -0.4 is 5.32 Å². The summed E-state index contributed by atoms with van der Waals surface area (Å²) >= 11 is 6.12. The van der Waals surface area contributed by atoms with Crippen molar-refractivity contribution in [2.45, 2.75) is 18.2 Å². The minimum Gasteiger partial charge on any atom is -0.381 e. The summed E-state index contributed by atoms with van der Waals surface area (Å²) < 4.78 is 5.29. The Hall–Kier alpha value is -1.06. The first-order chi connectivity index (χ1) is 8.77. The van der Waals surface area contributed by atoms with E-state index in [1.807, 2.05) is 30.3 Å². The molecule has 4 heteroatoms. The molecule has 18 heavy (non-hydrogen) atoms. The van der Waals surface area contributed by atoms with Crippen LogP contribution in [0.15, 0.2) is 30.3 Å². The van der Waals surface area contributed by atoms with Crippen LogP contribution >= 0.6 is 11.6 Å². The van der Waals surface area contributed by atoms with Gasteiger partial charge in [0.1, 0.15) is 5.38 Å². The molecule has 0 aromatic heterocycles. The number of nitrogens with one attached hydrogen (secondary N) is 1. The summed E-state index contributed by atoms with van der Waals surface area (Å²) in [5.74, 6) is 0.456. The van der Waals surface area contributed by atoms with Crippen molar-refractivity contribution in [2.75, 3.05) is 19.8 Å². The zero-order valence-corrected chi connectivity index (χ0v) is 11.0. The maximum atomic E-state index is 11.8. The topological polar surface area (TPSA) is 38.3 Å². The second kappa shape index (κ2) is 6.76. The number of ether oxygens (including phenoxy) is 1. The summed E-state index contributed by atoms with van der Waals surface area (Å²) in [4.78, 5) is 11.8. The summed E-state index contributed by atoms with van der Waals surface area (Å²) in [5.41, 5.74) is 0.834. The highest BCUT2D eigenvalue weighted by molar-refractivity contribution is 6.30. The molecular formula is C14H18ClNO2. The van der Waals surface area contributed by atoms with E-state index in [1.54, 1.807) is 0 Å². The molecule has 2 atom stereocenters. The van der Waals surface area contributed by atoms with E-state index in [2.05, 4.69) is 5.32 Å². The van der Waals surface area contributed by atoms with Gasteiger partial charge in [0, 0.05) is 19.8 Å². The average molecular weight is 268 g/mol. The monoisotopic (exact) mass is 267 g/mol. The van der Waals surface area contributed by atoms with Gasteiger partial charge in [-0.3, -0.25) is 4.79 Å². The molecule has 0 spiro atoms. The highest BCUT2D eigenvalue weighted by Crippen LogP contribution is 2.20. The highest BCUT2D eigenvalue weighted by atomic mass is 35.5. The molecule has 0 bridgehead atoms. The van der Waals surface area contributed by atoms with Crippen molar-refractivity contribution in [3.05, 3.63) is 35.9 Å². The molecule has 1 saturated heterocycles. The number of hydrogen-bond acceptors (Lipinski definition) is 2. The minimum atomic E-state index is -0.606. The fraction of sp³-hybridized carbons (Fsp3) is 0.500. The Balaban J connectivity index is 1.74. The van der Waals surface area contributed by atoms with Gasteiger partial charge in [0.05, 0.1) is 0 Å². The normalized spacial score (nSPS) is 20.6. The molecule has 1 aromatic carbocycles. The molecular weight excluding hydrogens is 250 g/mol. The van der Waals surface area contributed by atoms with Gasteiger partial charge in [-0.05, 0) is 24.3 Å². The average Bonchev–Trinajstić information content (AvgIpc) is 2.92. The van der Waals surface area contributed by atoms with E-state index >= 15 is 0 Å². The zero-order chi connectivity index (χ0) is 12.8. The van der Waals surface area contributed by atoms with Crippen LogP contribution in [0.25, 0.3) is 0 Å². The third kappa shape index (κ3) is 3.72. The Kier molecular flexibility index (Phi) is 5.02. The van der Waals surface area contributed by atoms with Gasteiger partial charge in [-0.15, -0.1) is 11.6 Å². The summed E-state index contributed by atoms with van der Waals surface area (Å²) in [7, 11) is 0. The van der Waals surface area contributed by atoms with Gasteiger partial charge < -0.3 is 10.1 Å². The third-order valence-corrected chi connectivity index (χ3v) is 3.65.